The van der Waals surface area contributed by atoms with Crippen molar-refractivity contribution in [3.63, 3.8) is 0 Å². The number of hydrogen-bond donors (Lipinski definition) is 1. The lowest BCUT2D eigenvalue weighted by atomic mass is 9.80. The van der Waals surface area contributed by atoms with Gasteiger partial charge in [-0.2, -0.15) is 0 Å². The number of nitrogens with one attached hydrogen (secondary N) is 1. The molecular formula is C8H17N. The van der Waals surface area contributed by atoms with Crippen LogP contribution in [0.2, 0.25) is 0 Å². The standard InChI is InChI=1S/C8H17N/c1-8(2,3)7-4-5-9-6-7/h7,9H,4-6H2,1-3H3/t7-/m1/s1. The third kappa shape index (κ3) is 1.68. The van der Waals surface area contributed by atoms with E-state index in [0.29, 0.717) is 5.41 Å². The van der Waals surface area contributed by atoms with Gasteiger partial charge in [0, 0.05) is 0 Å². The van der Waals surface area contributed by atoms with Crippen LogP contribution in [0.4, 0.5) is 0 Å². The predicted molar refractivity (Wildman–Crippen MR) is 40.4 cm³/mol. The SMILES string of the molecule is CC(C)(C)[C@@H]1CCNC1. The molecule has 1 heterocycles. The largest absolute Gasteiger partial charge is 0.316 e. The smallest absolute Gasteiger partial charge is 0.00150 e. The molecule has 1 aliphatic rings. The minimum Gasteiger partial charge on any atom is -0.316 e. The molecule has 1 aliphatic heterocycles. The first-order valence-electron chi connectivity index (χ1n) is 3.81. The van der Waals surface area contributed by atoms with Gasteiger partial charge >= 0.3 is 0 Å². The van der Waals surface area contributed by atoms with E-state index in [1.54, 1.807) is 0 Å². The Hall–Kier alpha value is -0.0400. The molecule has 0 spiro atoms. The lowest BCUT2D eigenvalue weighted by molar-refractivity contribution is 0.261. The van der Waals surface area contributed by atoms with Gasteiger partial charge in [0.25, 0.3) is 0 Å². The van der Waals surface area contributed by atoms with E-state index in [0.717, 1.165) is 5.92 Å². The maximum Gasteiger partial charge on any atom is -0.00150 e. The fourth-order valence-corrected chi connectivity index (χ4v) is 1.39. The van der Waals surface area contributed by atoms with Crippen molar-refractivity contribution in [1.29, 1.82) is 0 Å². The Morgan fingerprint density at radius 1 is 1.33 bits per heavy atom. The van der Waals surface area contributed by atoms with Crippen molar-refractivity contribution in [1.82, 2.24) is 5.32 Å². The summed E-state index contributed by atoms with van der Waals surface area (Å²) >= 11 is 0. The fraction of sp³-hybridized carbons (Fsp3) is 1.00. The second-order valence-corrected chi connectivity index (χ2v) is 4.06. The minimum absolute atomic E-state index is 0.517. The highest BCUT2D eigenvalue weighted by molar-refractivity contribution is 4.80. The molecule has 9 heavy (non-hydrogen) atoms. The molecule has 0 amide bonds. The second-order valence-electron chi connectivity index (χ2n) is 4.06. The molecular weight excluding hydrogens is 110 g/mol. The van der Waals surface area contributed by atoms with Crippen molar-refractivity contribution in [2.45, 2.75) is 27.2 Å². The van der Waals surface area contributed by atoms with Gasteiger partial charge in [0.15, 0.2) is 0 Å². The van der Waals surface area contributed by atoms with Crippen molar-refractivity contribution in [2.24, 2.45) is 11.3 Å². The molecule has 1 rings (SSSR count). The Morgan fingerprint density at radius 2 is 2.00 bits per heavy atom. The highest BCUT2D eigenvalue weighted by Crippen LogP contribution is 2.29. The third-order valence-corrected chi connectivity index (χ3v) is 2.29. The van der Waals surface area contributed by atoms with Crippen LogP contribution in [-0.2, 0) is 0 Å². The van der Waals surface area contributed by atoms with Gasteiger partial charge in [0.05, 0.1) is 0 Å². The highest BCUT2D eigenvalue weighted by atomic mass is 14.9. The van der Waals surface area contributed by atoms with Crippen LogP contribution >= 0.6 is 0 Å². The average Bonchev–Trinajstić information content (AvgIpc) is 2.08. The molecule has 0 aliphatic carbocycles. The maximum absolute atomic E-state index is 3.38. The molecule has 0 unspecified atom stereocenters. The van der Waals surface area contributed by atoms with Crippen LogP contribution in [-0.4, -0.2) is 13.1 Å². The van der Waals surface area contributed by atoms with Crippen molar-refractivity contribution in [2.75, 3.05) is 13.1 Å². The van der Waals surface area contributed by atoms with Gasteiger partial charge in [-0.25, -0.2) is 0 Å². The maximum atomic E-state index is 3.38. The lowest BCUT2D eigenvalue weighted by Gasteiger charge is -2.25. The quantitative estimate of drug-likeness (QED) is 0.521. The summed E-state index contributed by atoms with van der Waals surface area (Å²) in [5, 5.41) is 3.38. The van der Waals surface area contributed by atoms with E-state index in [2.05, 4.69) is 26.1 Å². The molecule has 0 bridgehead atoms. The van der Waals surface area contributed by atoms with Gasteiger partial charge in [0.2, 0.25) is 0 Å². The molecule has 1 nitrogen and oxygen atoms in total. The first-order chi connectivity index (χ1) is 4.11. The summed E-state index contributed by atoms with van der Waals surface area (Å²) in [4.78, 5) is 0. The molecule has 1 fully saturated rings. The van der Waals surface area contributed by atoms with Crippen LogP contribution in [0.1, 0.15) is 27.2 Å². The summed E-state index contributed by atoms with van der Waals surface area (Å²) < 4.78 is 0. The van der Waals surface area contributed by atoms with E-state index >= 15 is 0 Å². The highest BCUT2D eigenvalue weighted by Gasteiger charge is 2.26. The average molecular weight is 127 g/mol. The van der Waals surface area contributed by atoms with Crippen LogP contribution in [0.25, 0.3) is 0 Å². The Morgan fingerprint density at radius 3 is 2.22 bits per heavy atom. The molecule has 0 aromatic carbocycles. The zero-order valence-electron chi connectivity index (χ0n) is 6.70. The van der Waals surface area contributed by atoms with Crippen LogP contribution in [0.5, 0.6) is 0 Å². The fourth-order valence-electron chi connectivity index (χ4n) is 1.39. The van der Waals surface area contributed by atoms with E-state index in [1.165, 1.54) is 19.5 Å². The van der Waals surface area contributed by atoms with Crippen LogP contribution in [0, 0.1) is 11.3 Å². The predicted octanol–water partition coefficient (Wildman–Crippen LogP) is 1.64. The first-order valence-corrected chi connectivity index (χ1v) is 3.81. The van der Waals surface area contributed by atoms with Gasteiger partial charge in [-0.15, -0.1) is 0 Å². The van der Waals surface area contributed by atoms with Crippen LogP contribution < -0.4 is 5.32 Å². The van der Waals surface area contributed by atoms with Crippen molar-refractivity contribution < 1.29 is 0 Å². The summed E-state index contributed by atoms with van der Waals surface area (Å²) in [5.74, 6) is 0.900. The number of rotatable bonds is 0. The Balaban J connectivity index is 2.42. The number of hydrogen-bond acceptors (Lipinski definition) is 1. The Bertz CT molecular complexity index is 85.2. The summed E-state index contributed by atoms with van der Waals surface area (Å²) in [6.45, 7) is 9.42. The van der Waals surface area contributed by atoms with Crippen molar-refractivity contribution in [3.05, 3.63) is 0 Å². The molecule has 0 aromatic rings. The summed E-state index contributed by atoms with van der Waals surface area (Å²) in [7, 11) is 0. The monoisotopic (exact) mass is 127 g/mol. The second kappa shape index (κ2) is 2.30. The molecule has 1 atom stereocenters. The first kappa shape index (κ1) is 7.07. The minimum atomic E-state index is 0.517. The summed E-state index contributed by atoms with van der Waals surface area (Å²) in [5.41, 5.74) is 0.517. The zero-order chi connectivity index (χ0) is 6.91. The Kier molecular flexibility index (Phi) is 1.80. The zero-order valence-corrected chi connectivity index (χ0v) is 6.70. The van der Waals surface area contributed by atoms with Gasteiger partial charge in [0.1, 0.15) is 0 Å². The summed E-state index contributed by atoms with van der Waals surface area (Å²) in [6, 6.07) is 0. The lowest BCUT2D eigenvalue weighted by Crippen LogP contribution is -2.22. The van der Waals surface area contributed by atoms with E-state index in [9.17, 15) is 0 Å². The van der Waals surface area contributed by atoms with Gasteiger partial charge in [-0.1, -0.05) is 20.8 Å². The Labute approximate surface area is 57.8 Å². The molecule has 0 saturated carbocycles. The molecule has 0 aromatic heterocycles. The molecule has 1 saturated heterocycles. The molecule has 1 heteroatoms. The topological polar surface area (TPSA) is 12.0 Å². The van der Waals surface area contributed by atoms with E-state index in [4.69, 9.17) is 0 Å². The summed E-state index contributed by atoms with van der Waals surface area (Å²) in [6.07, 6.45) is 1.36. The van der Waals surface area contributed by atoms with Crippen molar-refractivity contribution in [3.8, 4) is 0 Å². The van der Waals surface area contributed by atoms with Gasteiger partial charge < -0.3 is 5.32 Å². The van der Waals surface area contributed by atoms with Gasteiger partial charge in [-0.3, -0.25) is 0 Å². The van der Waals surface area contributed by atoms with Crippen molar-refractivity contribution >= 4 is 0 Å². The van der Waals surface area contributed by atoms with Gasteiger partial charge in [-0.05, 0) is 30.8 Å². The van der Waals surface area contributed by atoms with E-state index in [-0.39, 0.29) is 0 Å². The third-order valence-electron chi connectivity index (χ3n) is 2.29. The van der Waals surface area contributed by atoms with Crippen LogP contribution in [0.15, 0.2) is 0 Å². The van der Waals surface area contributed by atoms with Crippen LogP contribution in [0.3, 0.4) is 0 Å². The normalized spacial score (nSPS) is 29.0. The van der Waals surface area contributed by atoms with E-state index < -0.39 is 0 Å². The molecule has 54 valence electrons. The van der Waals surface area contributed by atoms with E-state index in [1.807, 2.05) is 0 Å². The molecule has 0 radical (unpaired) electrons. The molecule has 1 N–H and O–H groups in total.